The molecule has 0 aliphatic carbocycles. The molecule has 0 unspecified atom stereocenters. The van der Waals surface area contributed by atoms with E-state index < -0.39 is 6.36 Å². The van der Waals surface area contributed by atoms with E-state index in [1.807, 2.05) is 24.3 Å². The second kappa shape index (κ2) is 8.12. The second-order valence-electron chi connectivity index (χ2n) is 7.19. The van der Waals surface area contributed by atoms with Gasteiger partial charge in [-0.1, -0.05) is 48.0 Å². The third-order valence-corrected chi connectivity index (χ3v) is 5.31. The normalized spacial score (nSPS) is 11.6. The summed E-state index contributed by atoms with van der Waals surface area (Å²) in [5.74, 6) is -0.256. The van der Waals surface area contributed by atoms with Gasteiger partial charge in [0.05, 0.1) is 21.6 Å². The standard InChI is InChI=1S/C24H17ClF3NO2/c1-14-22(29-20-7-3-6-19(25)21(20)23(14)30)17-5-2-4-16(13-17)12-15-8-10-18(11-9-15)31-24(26,27)28/h2-11,13H,12H2,1H3,(H,29,30). The smallest absolute Gasteiger partial charge is 0.406 e. The third kappa shape index (κ3) is 4.59. The van der Waals surface area contributed by atoms with E-state index in [1.165, 1.54) is 12.1 Å². The molecule has 1 N–H and O–H groups in total. The number of alkyl halides is 3. The van der Waals surface area contributed by atoms with Gasteiger partial charge in [-0.15, -0.1) is 13.2 Å². The lowest BCUT2D eigenvalue weighted by atomic mass is 9.99. The molecule has 3 nitrogen and oxygen atoms in total. The molecule has 4 rings (SSSR count). The van der Waals surface area contributed by atoms with Crippen molar-refractivity contribution in [2.24, 2.45) is 0 Å². The Bertz CT molecular complexity index is 1310. The summed E-state index contributed by atoms with van der Waals surface area (Å²) in [6.45, 7) is 1.75. The van der Waals surface area contributed by atoms with Crippen LogP contribution in [0.2, 0.25) is 5.02 Å². The molecule has 1 aromatic heterocycles. The molecule has 7 heteroatoms. The number of ether oxygens (including phenoxy) is 1. The zero-order valence-corrected chi connectivity index (χ0v) is 17.1. The molecular formula is C24H17ClF3NO2. The minimum absolute atomic E-state index is 0.125. The summed E-state index contributed by atoms with van der Waals surface area (Å²) >= 11 is 6.20. The van der Waals surface area contributed by atoms with E-state index >= 15 is 0 Å². The van der Waals surface area contributed by atoms with Crippen molar-refractivity contribution in [3.63, 3.8) is 0 Å². The maximum Gasteiger partial charge on any atom is 0.573 e. The van der Waals surface area contributed by atoms with Gasteiger partial charge in [0.2, 0.25) is 0 Å². The van der Waals surface area contributed by atoms with E-state index in [2.05, 4.69) is 9.72 Å². The van der Waals surface area contributed by atoms with Crippen LogP contribution in [0.15, 0.2) is 71.5 Å². The Hall–Kier alpha value is -3.25. The highest BCUT2D eigenvalue weighted by Gasteiger charge is 2.30. The number of hydrogen-bond donors (Lipinski definition) is 1. The van der Waals surface area contributed by atoms with Gasteiger partial charge in [-0.3, -0.25) is 4.79 Å². The lowest BCUT2D eigenvalue weighted by Crippen LogP contribution is -2.17. The molecule has 0 fully saturated rings. The highest BCUT2D eigenvalue weighted by atomic mass is 35.5. The Labute approximate surface area is 181 Å². The van der Waals surface area contributed by atoms with Gasteiger partial charge < -0.3 is 9.72 Å². The molecule has 0 bridgehead atoms. The van der Waals surface area contributed by atoms with Gasteiger partial charge in [0.25, 0.3) is 0 Å². The minimum Gasteiger partial charge on any atom is -0.406 e. The molecule has 3 aromatic carbocycles. The summed E-state index contributed by atoms with van der Waals surface area (Å²) in [6, 6.07) is 18.7. The lowest BCUT2D eigenvalue weighted by Gasteiger charge is -2.12. The largest absolute Gasteiger partial charge is 0.573 e. The van der Waals surface area contributed by atoms with Gasteiger partial charge in [0, 0.05) is 5.56 Å². The van der Waals surface area contributed by atoms with Crippen LogP contribution in [0.4, 0.5) is 13.2 Å². The number of H-pyrrole nitrogens is 1. The Kier molecular flexibility index (Phi) is 5.50. The van der Waals surface area contributed by atoms with Crippen molar-refractivity contribution in [2.45, 2.75) is 19.7 Å². The Morgan fingerprint density at radius 2 is 1.68 bits per heavy atom. The molecule has 0 atom stereocenters. The number of hydrogen-bond acceptors (Lipinski definition) is 2. The Morgan fingerprint density at radius 3 is 2.39 bits per heavy atom. The molecule has 0 saturated heterocycles. The zero-order valence-electron chi connectivity index (χ0n) is 16.4. The number of benzene rings is 3. The summed E-state index contributed by atoms with van der Waals surface area (Å²) in [7, 11) is 0. The highest BCUT2D eigenvalue weighted by molar-refractivity contribution is 6.35. The van der Waals surface area contributed by atoms with Crippen LogP contribution in [0.25, 0.3) is 22.2 Å². The number of aromatic nitrogens is 1. The molecule has 0 aliphatic rings. The van der Waals surface area contributed by atoms with Crippen molar-refractivity contribution in [1.29, 1.82) is 0 Å². The number of pyridine rings is 1. The Balaban J connectivity index is 1.65. The first kappa shape index (κ1) is 21.0. The fourth-order valence-electron chi connectivity index (χ4n) is 3.56. The summed E-state index contributed by atoms with van der Waals surface area (Å²) in [6.07, 6.45) is -4.20. The third-order valence-electron chi connectivity index (χ3n) is 5.00. The van der Waals surface area contributed by atoms with E-state index in [9.17, 15) is 18.0 Å². The quantitative estimate of drug-likeness (QED) is 0.384. The molecular weight excluding hydrogens is 427 g/mol. The van der Waals surface area contributed by atoms with Gasteiger partial charge in [0.15, 0.2) is 5.43 Å². The maximum atomic E-state index is 12.9. The van der Waals surface area contributed by atoms with Crippen LogP contribution in [0.1, 0.15) is 16.7 Å². The van der Waals surface area contributed by atoms with Gasteiger partial charge in [-0.2, -0.15) is 0 Å². The maximum absolute atomic E-state index is 12.9. The van der Waals surface area contributed by atoms with Crippen molar-refractivity contribution in [3.8, 4) is 17.0 Å². The number of rotatable bonds is 4. The first-order valence-electron chi connectivity index (χ1n) is 9.46. The van der Waals surface area contributed by atoms with Crippen molar-refractivity contribution in [2.75, 3.05) is 0 Å². The summed E-state index contributed by atoms with van der Waals surface area (Å²) < 4.78 is 40.9. The topological polar surface area (TPSA) is 42.1 Å². The first-order chi connectivity index (χ1) is 14.7. The van der Waals surface area contributed by atoms with Crippen molar-refractivity contribution >= 4 is 22.5 Å². The van der Waals surface area contributed by atoms with Crippen LogP contribution < -0.4 is 10.2 Å². The minimum atomic E-state index is -4.71. The predicted molar refractivity (Wildman–Crippen MR) is 116 cm³/mol. The van der Waals surface area contributed by atoms with Gasteiger partial charge in [-0.25, -0.2) is 0 Å². The molecule has 31 heavy (non-hydrogen) atoms. The van der Waals surface area contributed by atoms with E-state index in [-0.39, 0.29) is 11.2 Å². The van der Waals surface area contributed by atoms with Crippen LogP contribution in [0.3, 0.4) is 0 Å². The average Bonchev–Trinajstić information content (AvgIpc) is 2.71. The van der Waals surface area contributed by atoms with Crippen LogP contribution in [0.5, 0.6) is 5.75 Å². The lowest BCUT2D eigenvalue weighted by molar-refractivity contribution is -0.274. The van der Waals surface area contributed by atoms with Crippen molar-refractivity contribution in [1.82, 2.24) is 4.98 Å². The second-order valence-corrected chi connectivity index (χ2v) is 7.59. The SMILES string of the molecule is Cc1c(-c2cccc(Cc3ccc(OC(F)(F)F)cc3)c2)[nH]c2cccc(Cl)c2c1=O. The monoisotopic (exact) mass is 443 g/mol. The molecule has 0 amide bonds. The number of fused-ring (bicyclic) bond motifs is 1. The number of halogens is 4. The number of nitrogens with one attached hydrogen (secondary N) is 1. The molecule has 0 saturated carbocycles. The number of aromatic amines is 1. The van der Waals surface area contributed by atoms with Crippen LogP contribution >= 0.6 is 11.6 Å². The Morgan fingerprint density at radius 1 is 0.968 bits per heavy atom. The van der Waals surface area contributed by atoms with Crippen molar-refractivity contribution in [3.05, 3.63) is 98.7 Å². The summed E-state index contributed by atoms with van der Waals surface area (Å²) in [5.41, 5.74) is 4.42. The zero-order chi connectivity index (χ0) is 22.2. The first-order valence-corrected chi connectivity index (χ1v) is 9.84. The molecule has 158 valence electrons. The summed E-state index contributed by atoms with van der Waals surface area (Å²) in [4.78, 5) is 16.2. The summed E-state index contributed by atoms with van der Waals surface area (Å²) in [5, 5.41) is 0.864. The highest BCUT2D eigenvalue weighted by Crippen LogP contribution is 2.27. The van der Waals surface area contributed by atoms with Crippen LogP contribution in [-0.4, -0.2) is 11.3 Å². The predicted octanol–water partition coefficient (Wildman–Crippen LogP) is 6.65. The van der Waals surface area contributed by atoms with Gasteiger partial charge >= 0.3 is 6.36 Å². The fourth-order valence-corrected chi connectivity index (χ4v) is 3.82. The molecule has 0 aliphatic heterocycles. The van der Waals surface area contributed by atoms with E-state index in [0.717, 1.165) is 16.7 Å². The van der Waals surface area contributed by atoms with Gasteiger partial charge in [-0.05, 0) is 60.4 Å². The van der Waals surface area contributed by atoms with Gasteiger partial charge in [0.1, 0.15) is 5.75 Å². The molecule has 0 radical (unpaired) electrons. The van der Waals surface area contributed by atoms with E-state index in [0.29, 0.717) is 33.6 Å². The van der Waals surface area contributed by atoms with E-state index in [1.54, 1.807) is 37.3 Å². The fraction of sp³-hybridized carbons (Fsp3) is 0.125. The molecule has 4 aromatic rings. The van der Waals surface area contributed by atoms with Crippen LogP contribution in [0, 0.1) is 6.92 Å². The van der Waals surface area contributed by atoms with Crippen molar-refractivity contribution < 1.29 is 17.9 Å². The van der Waals surface area contributed by atoms with Crippen LogP contribution in [-0.2, 0) is 6.42 Å². The molecule has 1 heterocycles. The average molecular weight is 444 g/mol. The molecule has 0 spiro atoms. The van der Waals surface area contributed by atoms with E-state index in [4.69, 9.17) is 11.6 Å².